The van der Waals surface area contributed by atoms with E-state index in [0.717, 1.165) is 59.4 Å². The van der Waals surface area contributed by atoms with Crippen LogP contribution in [0.4, 0.5) is 30.6 Å². The number of carbonyl (C=O) groups is 1. The molecule has 0 aliphatic carbocycles. The third kappa shape index (κ3) is 4.32. The maximum absolute atomic E-state index is 13.0. The molecule has 0 saturated carbocycles. The van der Waals surface area contributed by atoms with Crippen molar-refractivity contribution in [3.05, 3.63) is 70.7 Å². The molecule has 0 atom stereocenters. The van der Waals surface area contributed by atoms with E-state index in [4.69, 9.17) is 10.7 Å². The first-order valence-corrected chi connectivity index (χ1v) is 10.8. The van der Waals surface area contributed by atoms with Gasteiger partial charge in [0.2, 0.25) is 5.95 Å². The number of rotatable bonds is 3. The number of amidine groups is 1. The van der Waals surface area contributed by atoms with Gasteiger partial charge < -0.3 is 16.0 Å². The molecule has 1 aromatic carbocycles. The Morgan fingerprint density at radius 1 is 1.17 bits per heavy atom. The summed E-state index contributed by atoms with van der Waals surface area (Å²) in [5.74, 6) is 0.870. The molecule has 0 unspecified atom stereocenters. The monoisotopic (exact) mass is 479 g/mol. The van der Waals surface area contributed by atoms with Crippen LogP contribution in [-0.2, 0) is 6.18 Å². The Balaban J connectivity index is 1.51. The fourth-order valence-electron chi connectivity index (χ4n) is 4.09. The molecule has 0 bridgehead atoms. The molecule has 5 rings (SSSR count). The molecule has 11 heteroatoms. The van der Waals surface area contributed by atoms with Crippen LogP contribution in [-0.4, -0.2) is 39.8 Å². The van der Waals surface area contributed by atoms with Crippen LogP contribution in [0.25, 0.3) is 11.6 Å². The van der Waals surface area contributed by atoms with Gasteiger partial charge in [-0.2, -0.15) is 18.2 Å². The number of halogens is 3. The lowest BCUT2D eigenvalue weighted by atomic mass is 9.93. The van der Waals surface area contributed by atoms with Crippen molar-refractivity contribution in [2.75, 3.05) is 29.0 Å². The lowest BCUT2D eigenvalue weighted by Crippen LogP contribution is -2.39. The second-order valence-electron chi connectivity index (χ2n) is 8.19. The quantitative estimate of drug-likeness (QED) is 0.583. The molecule has 0 radical (unpaired) electrons. The Bertz CT molecular complexity index is 1400. The predicted molar refractivity (Wildman–Crippen MR) is 127 cm³/mol. The molecule has 0 spiro atoms. The fourth-order valence-corrected chi connectivity index (χ4v) is 4.09. The summed E-state index contributed by atoms with van der Waals surface area (Å²) < 4.78 is 39.1. The SMILES string of the molecule is Cc1ccc(NC(=O)c2cc(C(F)(F)F)ccn2)cc1C1=Cc2cnc(N)nc2N2CCCN=C12. The standard InChI is InChI=1S/C24H20F3N7O/c1-13-3-4-16(32-22(35)19-10-15(5-7-29-19)24(25,26)27)11-17(13)18-9-14-12-31-23(28)33-20(14)34-8-2-6-30-21(18)34/h3-5,7,9-12H,2,6,8H2,1H3,(H,32,35)(H2,28,31,33). The summed E-state index contributed by atoms with van der Waals surface area (Å²) >= 11 is 0. The maximum atomic E-state index is 13.0. The van der Waals surface area contributed by atoms with Gasteiger partial charge in [-0.1, -0.05) is 6.07 Å². The fraction of sp³-hybridized carbons (Fsp3) is 0.208. The number of fused-ring (bicyclic) bond motifs is 3. The molecule has 0 saturated heterocycles. The average molecular weight is 479 g/mol. The first-order chi connectivity index (χ1) is 16.7. The van der Waals surface area contributed by atoms with Crippen molar-refractivity contribution in [1.82, 2.24) is 15.0 Å². The van der Waals surface area contributed by atoms with E-state index in [1.54, 1.807) is 18.3 Å². The first kappa shape index (κ1) is 22.5. The number of nitrogens with two attached hydrogens (primary N) is 1. The van der Waals surface area contributed by atoms with Gasteiger partial charge in [0.25, 0.3) is 5.91 Å². The Hall–Kier alpha value is -4.28. The van der Waals surface area contributed by atoms with Gasteiger partial charge in [0.05, 0.1) is 5.56 Å². The van der Waals surface area contributed by atoms with Gasteiger partial charge in [0.1, 0.15) is 17.3 Å². The first-order valence-electron chi connectivity index (χ1n) is 10.8. The van der Waals surface area contributed by atoms with Crippen molar-refractivity contribution in [1.29, 1.82) is 0 Å². The summed E-state index contributed by atoms with van der Waals surface area (Å²) in [4.78, 5) is 31.7. The molecular weight excluding hydrogens is 459 g/mol. The zero-order valence-corrected chi connectivity index (χ0v) is 18.6. The van der Waals surface area contributed by atoms with Crippen molar-refractivity contribution < 1.29 is 18.0 Å². The smallest absolute Gasteiger partial charge is 0.368 e. The number of nitrogens with zero attached hydrogens (tertiary/aromatic N) is 5. The van der Waals surface area contributed by atoms with Gasteiger partial charge >= 0.3 is 6.18 Å². The van der Waals surface area contributed by atoms with E-state index in [0.29, 0.717) is 18.1 Å². The van der Waals surface area contributed by atoms with Gasteiger partial charge in [-0.3, -0.25) is 14.8 Å². The highest BCUT2D eigenvalue weighted by atomic mass is 19.4. The number of hydrogen-bond donors (Lipinski definition) is 2. The van der Waals surface area contributed by atoms with Crippen molar-refractivity contribution in [3.8, 4) is 0 Å². The van der Waals surface area contributed by atoms with Gasteiger partial charge in [0, 0.05) is 42.3 Å². The molecule has 35 heavy (non-hydrogen) atoms. The predicted octanol–water partition coefficient (Wildman–Crippen LogP) is 4.20. The number of amides is 1. The second-order valence-corrected chi connectivity index (χ2v) is 8.19. The second kappa shape index (κ2) is 8.49. The largest absolute Gasteiger partial charge is 0.416 e. The third-order valence-electron chi connectivity index (χ3n) is 5.77. The summed E-state index contributed by atoms with van der Waals surface area (Å²) in [7, 11) is 0. The lowest BCUT2D eigenvalue weighted by molar-refractivity contribution is -0.137. The third-order valence-corrected chi connectivity index (χ3v) is 5.77. The average Bonchev–Trinajstić information content (AvgIpc) is 2.84. The van der Waals surface area contributed by atoms with Crippen LogP contribution < -0.4 is 16.0 Å². The Kier molecular flexibility index (Phi) is 5.46. The number of aliphatic imine (C=N–C) groups is 1. The number of carbonyl (C=O) groups excluding carboxylic acids is 1. The highest BCUT2D eigenvalue weighted by Gasteiger charge is 2.32. The number of aromatic nitrogens is 3. The number of anilines is 3. The molecule has 2 aliphatic rings. The molecule has 3 N–H and O–H groups in total. The minimum absolute atomic E-state index is 0.176. The van der Waals surface area contributed by atoms with Gasteiger partial charge in [-0.05, 0) is 54.8 Å². The zero-order valence-electron chi connectivity index (χ0n) is 18.6. The summed E-state index contributed by atoms with van der Waals surface area (Å²) in [6, 6.07) is 6.83. The van der Waals surface area contributed by atoms with Gasteiger partial charge in [-0.25, -0.2) is 4.98 Å². The number of nitrogens with one attached hydrogen (secondary N) is 1. The molecule has 8 nitrogen and oxygen atoms in total. The number of benzene rings is 1. The van der Waals surface area contributed by atoms with Crippen molar-refractivity contribution in [2.24, 2.45) is 4.99 Å². The molecule has 3 aromatic rings. The van der Waals surface area contributed by atoms with Crippen LogP contribution in [0.1, 0.15) is 39.2 Å². The van der Waals surface area contributed by atoms with E-state index in [1.165, 1.54) is 0 Å². The Morgan fingerprint density at radius 2 is 2.00 bits per heavy atom. The number of alkyl halides is 3. The Labute approximate surface area is 198 Å². The van der Waals surface area contributed by atoms with E-state index in [2.05, 4.69) is 20.3 Å². The molecule has 2 aromatic heterocycles. The van der Waals surface area contributed by atoms with Gasteiger partial charge in [0.15, 0.2) is 0 Å². The molecule has 178 valence electrons. The van der Waals surface area contributed by atoms with E-state index in [9.17, 15) is 18.0 Å². The van der Waals surface area contributed by atoms with E-state index in [-0.39, 0.29) is 11.6 Å². The van der Waals surface area contributed by atoms with Crippen LogP contribution in [0, 0.1) is 6.92 Å². The van der Waals surface area contributed by atoms with E-state index < -0.39 is 17.6 Å². The van der Waals surface area contributed by atoms with E-state index >= 15 is 0 Å². The molecular formula is C24H20F3N7O. The van der Waals surface area contributed by atoms with Crippen molar-refractivity contribution >= 4 is 40.8 Å². The summed E-state index contributed by atoms with van der Waals surface area (Å²) in [5, 5.41) is 2.65. The minimum atomic E-state index is -4.57. The molecule has 0 fully saturated rings. The zero-order chi connectivity index (χ0) is 24.7. The van der Waals surface area contributed by atoms with E-state index in [1.807, 2.05) is 24.0 Å². The number of aryl methyl sites for hydroxylation is 1. The van der Waals surface area contributed by atoms with Gasteiger partial charge in [-0.15, -0.1) is 0 Å². The highest BCUT2D eigenvalue weighted by Crippen LogP contribution is 2.36. The number of pyridine rings is 1. The van der Waals surface area contributed by atoms with Crippen LogP contribution >= 0.6 is 0 Å². The van der Waals surface area contributed by atoms with Crippen LogP contribution in [0.15, 0.2) is 47.7 Å². The minimum Gasteiger partial charge on any atom is -0.368 e. The van der Waals surface area contributed by atoms with Crippen molar-refractivity contribution in [3.63, 3.8) is 0 Å². The van der Waals surface area contributed by atoms with Crippen LogP contribution in [0.5, 0.6) is 0 Å². The number of nitrogen functional groups attached to an aromatic ring is 1. The summed E-state index contributed by atoms with van der Waals surface area (Å²) in [6.07, 6.45) is 0.840. The highest BCUT2D eigenvalue weighted by molar-refractivity contribution is 6.35. The van der Waals surface area contributed by atoms with Crippen LogP contribution in [0.3, 0.4) is 0 Å². The molecule has 4 heterocycles. The molecule has 1 amide bonds. The lowest BCUT2D eigenvalue weighted by Gasteiger charge is -2.34. The van der Waals surface area contributed by atoms with Crippen molar-refractivity contribution in [2.45, 2.75) is 19.5 Å². The Morgan fingerprint density at radius 3 is 2.80 bits per heavy atom. The number of hydrogen-bond acceptors (Lipinski definition) is 7. The topological polar surface area (TPSA) is 109 Å². The van der Waals surface area contributed by atoms with Crippen LogP contribution in [0.2, 0.25) is 0 Å². The summed E-state index contributed by atoms with van der Waals surface area (Å²) in [6.45, 7) is 3.31. The summed E-state index contributed by atoms with van der Waals surface area (Å²) in [5.41, 5.74) is 8.31. The molecule has 2 aliphatic heterocycles. The maximum Gasteiger partial charge on any atom is 0.416 e. The normalized spacial score (nSPS) is 15.0.